The van der Waals surface area contributed by atoms with Crippen LogP contribution in [0, 0.1) is 11.3 Å². The minimum absolute atomic E-state index is 0.0376. The summed E-state index contributed by atoms with van der Waals surface area (Å²) in [5.74, 6) is 0.236. The van der Waals surface area contributed by atoms with Gasteiger partial charge in [0.2, 0.25) is 0 Å². The van der Waals surface area contributed by atoms with Crippen LogP contribution in [0.5, 0.6) is 0 Å². The first-order valence-corrected chi connectivity index (χ1v) is 11.4. The van der Waals surface area contributed by atoms with Crippen LogP contribution in [0.4, 0.5) is 4.79 Å². The molecule has 0 radical (unpaired) electrons. The Bertz CT molecular complexity index is 1000. The summed E-state index contributed by atoms with van der Waals surface area (Å²) in [6, 6.07) is 26.7. The van der Waals surface area contributed by atoms with Crippen LogP contribution in [0.2, 0.25) is 0 Å². The fourth-order valence-corrected chi connectivity index (χ4v) is 4.42. The Morgan fingerprint density at radius 1 is 0.909 bits per heavy atom. The van der Waals surface area contributed by atoms with Gasteiger partial charge in [-0.15, -0.1) is 0 Å². The molecule has 33 heavy (non-hydrogen) atoms. The molecule has 2 heterocycles. The van der Waals surface area contributed by atoms with Crippen molar-refractivity contribution < 1.29 is 4.79 Å². The van der Waals surface area contributed by atoms with E-state index in [1.807, 2.05) is 29.2 Å². The third kappa shape index (κ3) is 5.76. The van der Waals surface area contributed by atoms with Gasteiger partial charge in [0.05, 0.1) is 6.07 Å². The lowest BCUT2D eigenvalue weighted by Crippen LogP contribution is -2.52. The second-order valence-corrected chi connectivity index (χ2v) is 8.24. The third-order valence-electron chi connectivity index (χ3n) is 6.20. The number of carbonyl (C=O) groups excluding carboxylic acids is 1. The molecule has 1 saturated heterocycles. The van der Waals surface area contributed by atoms with E-state index in [0.717, 1.165) is 12.0 Å². The van der Waals surface area contributed by atoms with Gasteiger partial charge in [-0.1, -0.05) is 66.7 Å². The van der Waals surface area contributed by atoms with E-state index < -0.39 is 0 Å². The molecule has 2 aromatic carbocycles. The van der Waals surface area contributed by atoms with Crippen LogP contribution in [0.3, 0.4) is 0 Å². The molecule has 0 bridgehead atoms. The lowest BCUT2D eigenvalue weighted by Gasteiger charge is -2.37. The van der Waals surface area contributed by atoms with Crippen molar-refractivity contribution in [2.75, 3.05) is 32.7 Å². The average Bonchev–Trinajstić information content (AvgIpc) is 2.89. The highest BCUT2D eigenvalue weighted by molar-refractivity contribution is 5.74. The standard InChI is InChI=1S/C27H29N5O/c28-20-26(24-12-7-14-29-21-24)31-16-18-32(19-17-31)27(33)30-15-13-25(22-8-3-1-4-9-22)23-10-5-2-6-11-23/h1-12,14,21,25-26H,13,15-19H2,(H,30,33). The number of piperazine rings is 1. The van der Waals surface area contributed by atoms with Crippen molar-refractivity contribution >= 4 is 6.03 Å². The number of carbonyl (C=O) groups is 1. The molecule has 0 saturated carbocycles. The van der Waals surface area contributed by atoms with E-state index in [9.17, 15) is 10.1 Å². The molecule has 1 aliphatic heterocycles. The zero-order valence-corrected chi connectivity index (χ0v) is 18.7. The molecule has 0 aliphatic carbocycles. The van der Waals surface area contributed by atoms with Gasteiger partial charge in [-0.05, 0) is 23.6 Å². The third-order valence-corrected chi connectivity index (χ3v) is 6.20. The van der Waals surface area contributed by atoms with Crippen molar-refractivity contribution in [3.05, 3.63) is 102 Å². The molecule has 4 rings (SSSR count). The Morgan fingerprint density at radius 3 is 2.06 bits per heavy atom. The molecule has 0 spiro atoms. The van der Waals surface area contributed by atoms with E-state index in [1.165, 1.54) is 11.1 Å². The van der Waals surface area contributed by atoms with Crippen LogP contribution < -0.4 is 5.32 Å². The Morgan fingerprint density at radius 2 is 1.52 bits per heavy atom. The number of nitrogens with one attached hydrogen (secondary N) is 1. The van der Waals surface area contributed by atoms with Gasteiger partial charge in [-0.3, -0.25) is 9.88 Å². The molecule has 1 aliphatic rings. The van der Waals surface area contributed by atoms with Crippen LogP contribution in [-0.4, -0.2) is 53.5 Å². The van der Waals surface area contributed by atoms with Crippen LogP contribution in [0.1, 0.15) is 35.1 Å². The van der Waals surface area contributed by atoms with Crippen molar-refractivity contribution in [3.8, 4) is 6.07 Å². The largest absolute Gasteiger partial charge is 0.338 e. The molecular formula is C27H29N5O. The summed E-state index contributed by atoms with van der Waals surface area (Å²) in [6.07, 6.45) is 4.28. The summed E-state index contributed by atoms with van der Waals surface area (Å²) in [4.78, 5) is 20.9. The quantitative estimate of drug-likeness (QED) is 0.599. The number of hydrogen-bond acceptors (Lipinski definition) is 4. The maximum atomic E-state index is 12.8. The average molecular weight is 440 g/mol. The maximum Gasteiger partial charge on any atom is 0.317 e. The number of pyridine rings is 1. The first-order chi connectivity index (χ1) is 16.3. The molecular weight excluding hydrogens is 410 g/mol. The second-order valence-electron chi connectivity index (χ2n) is 8.24. The molecule has 1 atom stereocenters. The highest BCUT2D eigenvalue weighted by Gasteiger charge is 2.27. The van der Waals surface area contributed by atoms with Gasteiger partial charge >= 0.3 is 6.03 Å². The smallest absolute Gasteiger partial charge is 0.317 e. The summed E-state index contributed by atoms with van der Waals surface area (Å²) in [5, 5.41) is 12.8. The van der Waals surface area contributed by atoms with Crippen molar-refractivity contribution in [2.45, 2.75) is 18.4 Å². The number of nitriles is 1. The Kier molecular flexibility index (Phi) is 7.68. The van der Waals surface area contributed by atoms with E-state index in [4.69, 9.17) is 0 Å². The Hall–Kier alpha value is -3.69. The number of hydrogen-bond donors (Lipinski definition) is 1. The van der Waals surface area contributed by atoms with Gasteiger partial charge in [0.25, 0.3) is 0 Å². The lowest BCUT2D eigenvalue weighted by atomic mass is 9.88. The molecule has 168 valence electrons. The Labute approximate surface area is 195 Å². The van der Waals surface area contributed by atoms with Gasteiger partial charge in [-0.25, -0.2) is 4.79 Å². The molecule has 1 aromatic heterocycles. The predicted octanol–water partition coefficient (Wildman–Crippen LogP) is 4.20. The maximum absolute atomic E-state index is 12.8. The first kappa shape index (κ1) is 22.5. The molecule has 1 N–H and O–H groups in total. The Balaban J connectivity index is 1.30. The molecule has 1 unspecified atom stereocenters. The van der Waals surface area contributed by atoms with Crippen molar-refractivity contribution in [2.24, 2.45) is 0 Å². The highest BCUT2D eigenvalue weighted by Crippen LogP contribution is 2.27. The van der Waals surface area contributed by atoms with Gasteiger partial charge in [0.15, 0.2) is 0 Å². The normalized spacial score (nSPS) is 15.1. The minimum atomic E-state index is -0.332. The molecule has 3 aromatic rings. The molecule has 6 nitrogen and oxygen atoms in total. The molecule has 6 heteroatoms. The number of aromatic nitrogens is 1. The number of amides is 2. The van der Waals surface area contributed by atoms with Gasteiger partial charge < -0.3 is 10.2 Å². The van der Waals surface area contributed by atoms with Crippen LogP contribution in [-0.2, 0) is 0 Å². The van der Waals surface area contributed by atoms with Crippen LogP contribution in [0.15, 0.2) is 85.2 Å². The van der Waals surface area contributed by atoms with Crippen molar-refractivity contribution in [3.63, 3.8) is 0 Å². The summed E-state index contributed by atoms with van der Waals surface area (Å²) in [7, 11) is 0. The topological polar surface area (TPSA) is 72.3 Å². The zero-order valence-electron chi connectivity index (χ0n) is 18.7. The first-order valence-electron chi connectivity index (χ1n) is 11.4. The fourth-order valence-electron chi connectivity index (χ4n) is 4.42. The van der Waals surface area contributed by atoms with Crippen LogP contribution in [0.25, 0.3) is 0 Å². The summed E-state index contributed by atoms with van der Waals surface area (Å²) in [5.41, 5.74) is 3.40. The van der Waals surface area contributed by atoms with Crippen molar-refractivity contribution in [1.82, 2.24) is 20.1 Å². The fraction of sp³-hybridized carbons (Fsp3) is 0.296. The molecule has 1 fully saturated rings. The van der Waals surface area contributed by atoms with Gasteiger partial charge in [-0.2, -0.15) is 5.26 Å². The minimum Gasteiger partial charge on any atom is -0.338 e. The number of benzene rings is 2. The number of urea groups is 1. The monoisotopic (exact) mass is 439 g/mol. The van der Waals surface area contributed by atoms with E-state index in [0.29, 0.717) is 32.7 Å². The highest BCUT2D eigenvalue weighted by atomic mass is 16.2. The lowest BCUT2D eigenvalue weighted by molar-refractivity contribution is 0.124. The van der Waals surface area contributed by atoms with E-state index >= 15 is 0 Å². The molecule has 2 amide bonds. The zero-order chi connectivity index (χ0) is 22.9. The predicted molar refractivity (Wildman–Crippen MR) is 128 cm³/mol. The summed E-state index contributed by atoms with van der Waals surface area (Å²) >= 11 is 0. The summed E-state index contributed by atoms with van der Waals surface area (Å²) in [6.45, 7) is 3.13. The number of rotatable bonds is 7. The second kappa shape index (κ2) is 11.3. The SMILES string of the molecule is N#CC(c1cccnc1)N1CCN(C(=O)NCCC(c2ccccc2)c2ccccc2)CC1. The van der Waals surface area contributed by atoms with Gasteiger partial charge in [0.1, 0.15) is 6.04 Å². The number of nitrogens with zero attached hydrogens (tertiary/aromatic N) is 4. The van der Waals surface area contributed by atoms with E-state index in [-0.39, 0.29) is 18.0 Å². The van der Waals surface area contributed by atoms with Crippen LogP contribution >= 0.6 is 0 Å². The van der Waals surface area contributed by atoms with Gasteiger partial charge in [0, 0.05) is 56.6 Å². The van der Waals surface area contributed by atoms with Crippen molar-refractivity contribution in [1.29, 1.82) is 5.26 Å². The summed E-state index contributed by atoms with van der Waals surface area (Å²) < 4.78 is 0. The van der Waals surface area contributed by atoms with E-state index in [1.54, 1.807) is 12.4 Å². The van der Waals surface area contributed by atoms with E-state index in [2.05, 4.69) is 69.8 Å².